The molecule has 0 amide bonds. The predicted octanol–water partition coefficient (Wildman–Crippen LogP) is 3.57. The van der Waals surface area contributed by atoms with Crippen LogP contribution in [0.3, 0.4) is 0 Å². The van der Waals surface area contributed by atoms with Gasteiger partial charge in [0.15, 0.2) is 0 Å². The van der Waals surface area contributed by atoms with Crippen molar-refractivity contribution in [2.75, 3.05) is 6.54 Å². The first-order valence-electron chi connectivity index (χ1n) is 5.24. The lowest BCUT2D eigenvalue weighted by atomic mass is 9.91. The average Bonchev–Trinajstić information content (AvgIpc) is 2.18. The fraction of sp³-hybridized carbons (Fsp3) is 0.500. The minimum atomic E-state index is 0.527. The summed E-state index contributed by atoms with van der Waals surface area (Å²) in [6.45, 7) is 2.93. The zero-order chi connectivity index (χ0) is 10.4. The van der Waals surface area contributed by atoms with Gasteiger partial charge in [-0.25, -0.2) is 0 Å². The molecule has 1 rings (SSSR count). The molecule has 0 aliphatic carbocycles. The molecule has 0 radical (unpaired) electrons. The lowest BCUT2D eigenvalue weighted by Gasteiger charge is -2.16. The maximum atomic E-state index is 6.15. The van der Waals surface area contributed by atoms with E-state index >= 15 is 0 Å². The van der Waals surface area contributed by atoms with Crippen molar-refractivity contribution in [2.45, 2.75) is 32.1 Å². The lowest BCUT2D eigenvalue weighted by Crippen LogP contribution is -2.07. The van der Waals surface area contributed by atoms with E-state index in [9.17, 15) is 0 Å². The molecule has 78 valence electrons. The van der Waals surface area contributed by atoms with Crippen LogP contribution in [0.25, 0.3) is 0 Å². The third-order valence-corrected chi connectivity index (χ3v) is 2.84. The number of nitrogens with two attached hydrogens (primary N) is 1. The zero-order valence-electron chi connectivity index (χ0n) is 8.67. The molecule has 0 bridgehead atoms. The van der Waals surface area contributed by atoms with Crippen LogP contribution in [0.4, 0.5) is 0 Å². The maximum Gasteiger partial charge on any atom is 0.0440 e. The monoisotopic (exact) mass is 211 g/mol. The molecule has 0 spiro atoms. The van der Waals surface area contributed by atoms with Crippen molar-refractivity contribution in [1.82, 2.24) is 0 Å². The van der Waals surface area contributed by atoms with Gasteiger partial charge in [-0.05, 0) is 36.9 Å². The Hall–Kier alpha value is -0.530. The molecular weight excluding hydrogens is 194 g/mol. The van der Waals surface area contributed by atoms with E-state index in [2.05, 4.69) is 13.0 Å². The van der Waals surface area contributed by atoms with Crippen molar-refractivity contribution < 1.29 is 0 Å². The molecule has 0 aromatic heterocycles. The predicted molar refractivity (Wildman–Crippen MR) is 62.8 cm³/mol. The summed E-state index contributed by atoms with van der Waals surface area (Å²) in [6.07, 6.45) is 3.37. The molecule has 0 aliphatic rings. The van der Waals surface area contributed by atoms with Crippen molar-refractivity contribution in [2.24, 2.45) is 5.73 Å². The quantitative estimate of drug-likeness (QED) is 0.792. The molecule has 1 atom stereocenters. The highest BCUT2D eigenvalue weighted by Crippen LogP contribution is 2.29. The van der Waals surface area contributed by atoms with Crippen molar-refractivity contribution in [3.05, 3.63) is 34.9 Å². The zero-order valence-corrected chi connectivity index (χ0v) is 9.43. The lowest BCUT2D eigenvalue weighted by molar-refractivity contribution is 0.576. The highest BCUT2D eigenvalue weighted by molar-refractivity contribution is 6.31. The Balaban J connectivity index is 2.81. The second-order valence-electron chi connectivity index (χ2n) is 3.58. The first kappa shape index (κ1) is 11.5. The number of rotatable bonds is 5. The topological polar surface area (TPSA) is 26.0 Å². The average molecular weight is 212 g/mol. The molecule has 0 fully saturated rings. The smallest absolute Gasteiger partial charge is 0.0440 e. The number of benzene rings is 1. The van der Waals surface area contributed by atoms with Crippen LogP contribution < -0.4 is 5.73 Å². The number of halogens is 1. The van der Waals surface area contributed by atoms with Gasteiger partial charge in [-0.3, -0.25) is 0 Å². The molecule has 0 heterocycles. The van der Waals surface area contributed by atoms with E-state index in [-0.39, 0.29) is 0 Å². The van der Waals surface area contributed by atoms with Crippen LogP contribution >= 0.6 is 11.6 Å². The van der Waals surface area contributed by atoms with E-state index in [0.717, 1.165) is 18.0 Å². The number of hydrogen-bond acceptors (Lipinski definition) is 1. The summed E-state index contributed by atoms with van der Waals surface area (Å²) in [5, 5.41) is 0.874. The summed E-state index contributed by atoms with van der Waals surface area (Å²) < 4.78 is 0. The molecule has 1 aromatic carbocycles. The van der Waals surface area contributed by atoms with E-state index in [4.69, 9.17) is 17.3 Å². The summed E-state index contributed by atoms with van der Waals surface area (Å²) in [4.78, 5) is 0. The van der Waals surface area contributed by atoms with Crippen LogP contribution in [0.1, 0.15) is 37.7 Å². The summed E-state index contributed by atoms with van der Waals surface area (Å²) in [7, 11) is 0. The molecule has 0 aliphatic heterocycles. The Morgan fingerprint density at radius 1 is 1.29 bits per heavy atom. The Morgan fingerprint density at radius 2 is 2.00 bits per heavy atom. The van der Waals surface area contributed by atoms with Crippen molar-refractivity contribution >= 4 is 11.6 Å². The molecule has 0 saturated heterocycles. The van der Waals surface area contributed by atoms with Gasteiger partial charge in [-0.15, -0.1) is 0 Å². The van der Waals surface area contributed by atoms with Gasteiger partial charge >= 0.3 is 0 Å². The SMILES string of the molecule is CCCC(CCN)c1ccccc1Cl. The Labute approximate surface area is 91.3 Å². The van der Waals surface area contributed by atoms with Crippen LogP contribution in [-0.2, 0) is 0 Å². The van der Waals surface area contributed by atoms with Crippen LogP contribution in [0.2, 0.25) is 5.02 Å². The van der Waals surface area contributed by atoms with Gasteiger partial charge in [0.1, 0.15) is 0 Å². The van der Waals surface area contributed by atoms with Gasteiger partial charge in [0.2, 0.25) is 0 Å². The first-order chi connectivity index (χ1) is 6.79. The van der Waals surface area contributed by atoms with Crippen LogP contribution in [-0.4, -0.2) is 6.54 Å². The van der Waals surface area contributed by atoms with Gasteiger partial charge < -0.3 is 5.73 Å². The van der Waals surface area contributed by atoms with Gasteiger partial charge in [0.05, 0.1) is 0 Å². The summed E-state index contributed by atoms with van der Waals surface area (Å²) in [6, 6.07) is 8.08. The molecule has 2 N–H and O–H groups in total. The maximum absolute atomic E-state index is 6.15. The van der Waals surface area contributed by atoms with E-state index in [1.165, 1.54) is 18.4 Å². The Morgan fingerprint density at radius 3 is 2.57 bits per heavy atom. The largest absolute Gasteiger partial charge is 0.330 e. The minimum absolute atomic E-state index is 0.527. The third-order valence-electron chi connectivity index (χ3n) is 2.50. The standard InChI is InChI=1S/C12H18ClN/c1-2-5-10(8-9-14)11-6-3-4-7-12(11)13/h3-4,6-7,10H,2,5,8-9,14H2,1H3. The summed E-state index contributed by atoms with van der Waals surface area (Å²) in [5.41, 5.74) is 6.86. The summed E-state index contributed by atoms with van der Waals surface area (Å²) in [5.74, 6) is 0.527. The van der Waals surface area contributed by atoms with Crippen molar-refractivity contribution in [3.8, 4) is 0 Å². The van der Waals surface area contributed by atoms with Crippen LogP contribution in [0.15, 0.2) is 24.3 Å². The van der Waals surface area contributed by atoms with E-state index in [0.29, 0.717) is 5.92 Å². The normalized spacial score (nSPS) is 12.8. The first-order valence-corrected chi connectivity index (χ1v) is 5.61. The van der Waals surface area contributed by atoms with Crippen molar-refractivity contribution in [3.63, 3.8) is 0 Å². The minimum Gasteiger partial charge on any atom is -0.330 e. The molecule has 1 nitrogen and oxygen atoms in total. The van der Waals surface area contributed by atoms with Crippen LogP contribution in [0.5, 0.6) is 0 Å². The molecule has 14 heavy (non-hydrogen) atoms. The second kappa shape index (κ2) is 6.05. The van der Waals surface area contributed by atoms with Gasteiger partial charge in [0, 0.05) is 5.02 Å². The Kier molecular flexibility index (Phi) is 4.99. The van der Waals surface area contributed by atoms with E-state index in [1.54, 1.807) is 0 Å². The molecule has 1 unspecified atom stereocenters. The molecule has 2 heteroatoms. The van der Waals surface area contributed by atoms with Gasteiger partial charge in [-0.1, -0.05) is 43.1 Å². The third kappa shape index (κ3) is 3.00. The fourth-order valence-corrected chi connectivity index (χ4v) is 2.10. The highest BCUT2D eigenvalue weighted by atomic mass is 35.5. The van der Waals surface area contributed by atoms with E-state index in [1.807, 2.05) is 18.2 Å². The van der Waals surface area contributed by atoms with Gasteiger partial charge in [-0.2, -0.15) is 0 Å². The van der Waals surface area contributed by atoms with Crippen molar-refractivity contribution in [1.29, 1.82) is 0 Å². The van der Waals surface area contributed by atoms with Gasteiger partial charge in [0.25, 0.3) is 0 Å². The Bertz CT molecular complexity index is 267. The van der Waals surface area contributed by atoms with Crippen LogP contribution in [0, 0.1) is 0 Å². The van der Waals surface area contributed by atoms with E-state index < -0.39 is 0 Å². The molecular formula is C12H18ClN. The summed E-state index contributed by atoms with van der Waals surface area (Å²) >= 11 is 6.15. The number of hydrogen-bond donors (Lipinski definition) is 1. The highest BCUT2D eigenvalue weighted by Gasteiger charge is 2.12. The second-order valence-corrected chi connectivity index (χ2v) is 3.99. The fourth-order valence-electron chi connectivity index (χ4n) is 1.81. The molecule has 1 aromatic rings. The molecule has 0 saturated carbocycles.